The van der Waals surface area contributed by atoms with Crippen LogP contribution in [0.25, 0.3) is 0 Å². The third-order valence-electron chi connectivity index (χ3n) is 1.23. The number of rotatable bonds is 3. The van der Waals surface area contributed by atoms with Crippen LogP contribution in [-0.2, 0) is 20.6 Å². The zero-order chi connectivity index (χ0) is 11.6. The van der Waals surface area contributed by atoms with Gasteiger partial charge in [0.15, 0.2) is 6.61 Å². The molecule has 0 saturated carbocycles. The molecule has 0 aromatic rings. The van der Waals surface area contributed by atoms with Gasteiger partial charge in [-0.1, -0.05) is 0 Å². The van der Waals surface area contributed by atoms with Crippen LogP contribution in [0.1, 0.15) is 20.8 Å². The van der Waals surface area contributed by atoms with Gasteiger partial charge in [0.25, 0.3) is 0 Å². The van der Waals surface area contributed by atoms with Crippen molar-refractivity contribution in [2.45, 2.75) is 26.0 Å². The molecule has 0 heterocycles. The van der Waals surface area contributed by atoms with Gasteiger partial charge in [0, 0.05) is 11.1 Å². The summed E-state index contributed by atoms with van der Waals surface area (Å²) in [6.45, 7) is 2.98. The van der Waals surface area contributed by atoms with Gasteiger partial charge in [-0.2, -0.15) is 8.78 Å². The van der Waals surface area contributed by atoms with Crippen LogP contribution >= 0.6 is 0 Å². The normalized spacial score (nSPS) is 14.0. The number of carbonyl (C=O) groups is 1. The fourth-order valence-electron chi connectivity index (χ4n) is 0.414. The maximum Gasteiger partial charge on any atom is 1.00 e. The van der Waals surface area contributed by atoms with Gasteiger partial charge < -0.3 is 9.29 Å². The van der Waals surface area contributed by atoms with Gasteiger partial charge in [-0.3, -0.25) is 9.00 Å². The third-order valence-corrected chi connectivity index (χ3v) is 1.83. The van der Waals surface area contributed by atoms with Crippen molar-refractivity contribution in [3.05, 3.63) is 0 Å². The summed E-state index contributed by atoms with van der Waals surface area (Å²) < 4.78 is 48.8. The molecule has 1 atom stereocenters. The molecule has 0 aromatic heterocycles. The summed E-state index contributed by atoms with van der Waals surface area (Å²) in [7, 11) is 0. The first-order chi connectivity index (χ1) is 6.07. The first-order valence-corrected chi connectivity index (χ1v) is 4.79. The topological polar surface area (TPSA) is 66.4 Å². The average Bonchev–Trinajstić information content (AvgIpc) is 1.98. The second kappa shape index (κ2) is 6.24. The third kappa shape index (κ3) is 6.57. The molecule has 0 N–H and O–H groups in total. The van der Waals surface area contributed by atoms with Crippen molar-refractivity contribution in [3.63, 3.8) is 0 Å². The number of hydrogen-bond acceptors (Lipinski definition) is 4. The Morgan fingerprint density at radius 1 is 1.40 bits per heavy atom. The molecule has 1 unspecified atom stereocenters. The van der Waals surface area contributed by atoms with E-state index in [9.17, 15) is 22.3 Å². The van der Waals surface area contributed by atoms with Gasteiger partial charge in [0.2, 0.25) is 0 Å². The Kier molecular flexibility index (Phi) is 7.42. The zero-order valence-electron chi connectivity index (χ0n) is 9.00. The van der Waals surface area contributed by atoms with E-state index in [1.807, 2.05) is 0 Å². The van der Waals surface area contributed by atoms with Crippen molar-refractivity contribution in [3.8, 4) is 0 Å². The maximum atomic E-state index is 12.4. The second-order valence-electron chi connectivity index (χ2n) is 3.70. The summed E-state index contributed by atoms with van der Waals surface area (Å²) in [6.07, 6.45) is 0. The molecule has 8 heteroatoms. The zero-order valence-corrected chi connectivity index (χ0v) is 11.8. The molecular formula is C7H11F2NaO4S. The molecule has 0 saturated heterocycles. The standard InChI is InChI=1S/C7H12F2O4S.Na/c1-6(2,3)5(10)13-4-7(8,9)14(11)12;/h4H2,1-3H3,(H,11,12);/q;+1/p-1. The van der Waals surface area contributed by atoms with E-state index in [4.69, 9.17) is 0 Å². The molecular weight excluding hydrogens is 241 g/mol. The van der Waals surface area contributed by atoms with Crippen molar-refractivity contribution in [1.29, 1.82) is 0 Å². The Bertz CT molecular complexity index is 252. The number of ether oxygens (including phenoxy) is 1. The molecule has 15 heavy (non-hydrogen) atoms. The van der Waals surface area contributed by atoms with Crippen molar-refractivity contribution in [2.24, 2.45) is 5.41 Å². The van der Waals surface area contributed by atoms with E-state index in [0.29, 0.717) is 0 Å². The minimum Gasteiger partial charge on any atom is -0.768 e. The Hall–Kier alpha value is 0.440. The quantitative estimate of drug-likeness (QED) is 0.333. The summed E-state index contributed by atoms with van der Waals surface area (Å²) in [5.74, 6) is -0.873. The monoisotopic (exact) mass is 252 g/mol. The van der Waals surface area contributed by atoms with Gasteiger partial charge in [-0.25, -0.2) is 0 Å². The summed E-state index contributed by atoms with van der Waals surface area (Å²) >= 11 is -3.58. The summed E-state index contributed by atoms with van der Waals surface area (Å²) in [4.78, 5) is 11.0. The van der Waals surface area contributed by atoms with Gasteiger partial charge in [0.1, 0.15) is 0 Å². The summed E-state index contributed by atoms with van der Waals surface area (Å²) in [5, 5.41) is -4.03. The molecule has 0 aliphatic carbocycles. The van der Waals surface area contributed by atoms with Gasteiger partial charge >= 0.3 is 40.8 Å². The van der Waals surface area contributed by atoms with E-state index >= 15 is 0 Å². The van der Waals surface area contributed by atoms with Crippen LogP contribution in [0.4, 0.5) is 8.78 Å². The molecule has 0 aliphatic heterocycles. The van der Waals surface area contributed by atoms with Gasteiger partial charge in [0.05, 0.1) is 5.41 Å². The van der Waals surface area contributed by atoms with Crippen molar-refractivity contribution in [2.75, 3.05) is 6.61 Å². The average molecular weight is 252 g/mol. The number of halogens is 2. The summed E-state index contributed by atoms with van der Waals surface area (Å²) in [6, 6.07) is 0. The van der Waals surface area contributed by atoms with Crippen LogP contribution in [0.15, 0.2) is 0 Å². The molecule has 4 nitrogen and oxygen atoms in total. The Labute approximate surface area is 111 Å². The van der Waals surface area contributed by atoms with Crippen molar-refractivity contribution >= 4 is 17.0 Å². The predicted molar refractivity (Wildman–Crippen MR) is 44.3 cm³/mol. The Morgan fingerprint density at radius 3 is 2.07 bits per heavy atom. The van der Waals surface area contributed by atoms with Gasteiger partial charge in [-0.05, 0) is 20.8 Å². The Balaban J connectivity index is 0. The molecule has 0 rings (SSSR count). The molecule has 0 bridgehead atoms. The maximum absolute atomic E-state index is 12.4. The first kappa shape index (κ1) is 17.8. The molecule has 0 fully saturated rings. The smallest absolute Gasteiger partial charge is 0.768 e. The van der Waals surface area contributed by atoms with E-state index in [-0.39, 0.29) is 29.6 Å². The molecule has 0 radical (unpaired) electrons. The fraction of sp³-hybridized carbons (Fsp3) is 0.857. The minimum atomic E-state index is -4.03. The van der Waals surface area contributed by atoms with Crippen LogP contribution in [0.2, 0.25) is 0 Å². The van der Waals surface area contributed by atoms with E-state index in [0.717, 1.165) is 0 Å². The van der Waals surface area contributed by atoms with Crippen LogP contribution < -0.4 is 29.6 Å². The van der Waals surface area contributed by atoms with E-state index in [1.54, 1.807) is 0 Å². The van der Waals surface area contributed by atoms with E-state index < -0.39 is 34.3 Å². The van der Waals surface area contributed by atoms with Crippen LogP contribution in [0.5, 0.6) is 0 Å². The fourth-order valence-corrected chi connectivity index (χ4v) is 0.569. The number of carbonyl (C=O) groups excluding carboxylic acids is 1. The van der Waals surface area contributed by atoms with E-state index in [1.165, 1.54) is 20.8 Å². The molecule has 0 spiro atoms. The molecule has 0 aliphatic rings. The predicted octanol–water partition coefficient (Wildman–Crippen LogP) is -1.95. The molecule has 0 aromatic carbocycles. The minimum absolute atomic E-state index is 0. The molecule has 0 amide bonds. The van der Waals surface area contributed by atoms with Crippen molar-refractivity contribution < 1.29 is 56.6 Å². The second-order valence-corrected chi connectivity index (χ2v) is 4.76. The Morgan fingerprint density at radius 2 is 1.80 bits per heavy atom. The van der Waals surface area contributed by atoms with Crippen LogP contribution in [0, 0.1) is 5.41 Å². The van der Waals surface area contributed by atoms with E-state index in [2.05, 4.69) is 4.74 Å². The van der Waals surface area contributed by atoms with Crippen molar-refractivity contribution in [1.82, 2.24) is 0 Å². The first-order valence-electron chi connectivity index (χ1n) is 3.72. The van der Waals surface area contributed by atoms with Crippen LogP contribution in [0.3, 0.4) is 0 Å². The van der Waals surface area contributed by atoms with Gasteiger partial charge in [-0.15, -0.1) is 0 Å². The largest absolute Gasteiger partial charge is 1.00 e. The number of alkyl halides is 2. The van der Waals surface area contributed by atoms with Crippen LogP contribution in [-0.4, -0.2) is 26.6 Å². The number of hydrogen-bond donors (Lipinski definition) is 0. The molecule has 84 valence electrons. The SMILES string of the molecule is CC(C)(C)C(=O)OCC(F)(F)S(=O)[O-].[Na+]. The summed E-state index contributed by atoms with van der Waals surface area (Å²) in [5.41, 5.74) is -0.930. The number of esters is 1.